The minimum Gasteiger partial charge on any atom is -0.490 e. The highest BCUT2D eigenvalue weighted by atomic mass is 16.5. The Balaban J connectivity index is 1.49. The highest BCUT2D eigenvalue weighted by Crippen LogP contribution is 2.34. The van der Waals surface area contributed by atoms with Crippen molar-refractivity contribution in [2.24, 2.45) is 0 Å². The molecule has 0 saturated heterocycles. The molecule has 0 saturated carbocycles. The second-order valence-corrected chi connectivity index (χ2v) is 8.15. The van der Waals surface area contributed by atoms with Gasteiger partial charge in [-0.3, -0.25) is 9.59 Å². The van der Waals surface area contributed by atoms with Crippen molar-refractivity contribution >= 4 is 17.5 Å². The van der Waals surface area contributed by atoms with E-state index >= 15 is 0 Å². The predicted molar refractivity (Wildman–Crippen MR) is 128 cm³/mol. The molecule has 2 amide bonds. The Bertz CT molecular complexity index is 975. The van der Waals surface area contributed by atoms with Crippen molar-refractivity contribution < 1.29 is 23.8 Å². The number of hydrogen-bond acceptors (Lipinski definition) is 5. The Morgan fingerprint density at radius 1 is 1.06 bits per heavy atom. The molecular formula is C26H34N2O5. The Labute approximate surface area is 196 Å². The van der Waals surface area contributed by atoms with Gasteiger partial charge in [-0.25, -0.2) is 0 Å². The number of carbonyl (C=O) groups is 2. The summed E-state index contributed by atoms with van der Waals surface area (Å²) in [7, 11) is 0. The number of hydrogen-bond donors (Lipinski definition) is 1. The molecule has 1 unspecified atom stereocenters. The fourth-order valence-electron chi connectivity index (χ4n) is 3.82. The van der Waals surface area contributed by atoms with Crippen LogP contribution in [0.4, 0.5) is 5.69 Å². The second-order valence-electron chi connectivity index (χ2n) is 8.15. The standard InChI is InChI=1S/C26H34N2O5/c1-5-31-23-10-8-20(16-24(23)32-6-2)13-14-27-25(29)11-12-26(30)28-17-19(4)33-22-9-7-18(3)15-21(22)28/h7-10,15-16,19H,5-6,11-14,17H2,1-4H3,(H,27,29). The van der Waals surface area contributed by atoms with Gasteiger partial charge in [0.15, 0.2) is 11.5 Å². The highest BCUT2D eigenvalue weighted by Gasteiger charge is 2.27. The number of benzene rings is 2. The maximum Gasteiger partial charge on any atom is 0.227 e. The number of amides is 2. The SMILES string of the molecule is CCOc1ccc(CCNC(=O)CCC(=O)N2CC(C)Oc3ccc(C)cc32)cc1OCC. The maximum absolute atomic E-state index is 12.9. The average Bonchev–Trinajstić information content (AvgIpc) is 2.79. The summed E-state index contributed by atoms with van der Waals surface area (Å²) in [4.78, 5) is 26.9. The molecule has 1 aliphatic heterocycles. The molecular weight excluding hydrogens is 420 g/mol. The van der Waals surface area contributed by atoms with Gasteiger partial charge < -0.3 is 24.4 Å². The number of aryl methyl sites for hydroxylation is 1. The van der Waals surface area contributed by atoms with Gasteiger partial charge in [-0.05, 0) is 69.5 Å². The summed E-state index contributed by atoms with van der Waals surface area (Å²) in [5, 5.41) is 2.91. The molecule has 7 nitrogen and oxygen atoms in total. The first-order valence-electron chi connectivity index (χ1n) is 11.6. The van der Waals surface area contributed by atoms with Crippen LogP contribution in [0.15, 0.2) is 36.4 Å². The summed E-state index contributed by atoms with van der Waals surface area (Å²) in [6.45, 7) is 9.89. The third kappa shape index (κ3) is 6.63. The third-order valence-electron chi connectivity index (χ3n) is 5.38. The van der Waals surface area contributed by atoms with E-state index in [9.17, 15) is 9.59 Å². The van der Waals surface area contributed by atoms with Gasteiger partial charge in [-0.15, -0.1) is 0 Å². The smallest absolute Gasteiger partial charge is 0.227 e. The fraction of sp³-hybridized carbons (Fsp3) is 0.462. The van der Waals surface area contributed by atoms with Gasteiger partial charge in [0.05, 0.1) is 25.4 Å². The lowest BCUT2D eigenvalue weighted by Gasteiger charge is -2.33. The van der Waals surface area contributed by atoms with Crippen LogP contribution in [0.1, 0.15) is 44.7 Å². The molecule has 0 fully saturated rings. The normalized spacial score (nSPS) is 14.8. The van der Waals surface area contributed by atoms with Gasteiger partial charge in [0.1, 0.15) is 11.9 Å². The second kappa shape index (κ2) is 11.6. The van der Waals surface area contributed by atoms with Crippen molar-refractivity contribution in [1.82, 2.24) is 5.32 Å². The molecule has 0 spiro atoms. The molecule has 178 valence electrons. The van der Waals surface area contributed by atoms with Gasteiger partial charge in [0.25, 0.3) is 0 Å². The quantitative estimate of drug-likeness (QED) is 0.586. The van der Waals surface area contributed by atoms with E-state index in [0.717, 1.165) is 22.6 Å². The van der Waals surface area contributed by atoms with E-state index in [1.165, 1.54) is 0 Å². The van der Waals surface area contributed by atoms with Gasteiger partial charge in [-0.1, -0.05) is 12.1 Å². The van der Waals surface area contributed by atoms with Crippen molar-refractivity contribution in [1.29, 1.82) is 0 Å². The van der Waals surface area contributed by atoms with E-state index in [1.54, 1.807) is 4.90 Å². The first-order valence-corrected chi connectivity index (χ1v) is 11.6. The van der Waals surface area contributed by atoms with E-state index in [4.69, 9.17) is 14.2 Å². The van der Waals surface area contributed by atoms with Crippen molar-refractivity contribution in [3.05, 3.63) is 47.5 Å². The summed E-state index contributed by atoms with van der Waals surface area (Å²) in [5.74, 6) is 1.94. The van der Waals surface area contributed by atoms with Crippen LogP contribution in [0.25, 0.3) is 0 Å². The lowest BCUT2D eigenvalue weighted by molar-refractivity contribution is -0.125. The molecule has 1 heterocycles. The topological polar surface area (TPSA) is 77.1 Å². The van der Waals surface area contributed by atoms with E-state index in [2.05, 4.69) is 5.32 Å². The first-order chi connectivity index (χ1) is 15.9. The molecule has 0 aromatic heterocycles. The summed E-state index contributed by atoms with van der Waals surface area (Å²) < 4.78 is 17.1. The zero-order valence-electron chi connectivity index (χ0n) is 20.0. The molecule has 1 atom stereocenters. The number of anilines is 1. The van der Waals surface area contributed by atoms with Crippen molar-refractivity contribution in [2.45, 2.75) is 53.1 Å². The summed E-state index contributed by atoms with van der Waals surface area (Å²) >= 11 is 0. The molecule has 0 aliphatic carbocycles. The van der Waals surface area contributed by atoms with Crippen LogP contribution in [-0.2, 0) is 16.0 Å². The molecule has 3 rings (SSSR count). The Morgan fingerprint density at radius 2 is 1.82 bits per heavy atom. The summed E-state index contributed by atoms with van der Waals surface area (Å²) in [5.41, 5.74) is 2.89. The largest absolute Gasteiger partial charge is 0.490 e. The molecule has 1 N–H and O–H groups in total. The van der Waals surface area contributed by atoms with E-state index in [-0.39, 0.29) is 30.8 Å². The number of carbonyl (C=O) groups excluding carboxylic acids is 2. The zero-order chi connectivity index (χ0) is 23.8. The van der Waals surface area contributed by atoms with Crippen LogP contribution < -0.4 is 24.4 Å². The van der Waals surface area contributed by atoms with Crippen molar-refractivity contribution in [2.75, 3.05) is 31.2 Å². The minimum absolute atomic E-state index is 0.0694. The Kier molecular flexibility index (Phi) is 8.58. The summed E-state index contributed by atoms with van der Waals surface area (Å²) in [6.07, 6.45) is 0.885. The van der Waals surface area contributed by atoms with Crippen LogP contribution in [0.3, 0.4) is 0 Å². The molecule has 7 heteroatoms. The van der Waals surface area contributed by atoms with E-state index in [0.29, 0.717) is 44.2 Å². The number of ether oxygens (including phenoxy) is 3. The van der Waals surface area contributed by atoms with Gasteiger partial charge in [-0.2, -0.15) is 0 Å². The third-order valence-corrected chi connectivity index (χ3v) is 5.38. The Morgan fingerprint density at radius 3 is 2.58 bits per heavy atom. The van der Waals surface area contributed by atoms with Crippen LogP contribution in [-0.4, -0.2) is 44.2 Å². The van der Waals surface area contributed by atoms with Crippen molar-refractivity contribution in [3.8, 4) is 17.2 Å². The minimum atomic E-state index is -0.134. The summed E-state index contributed by atoms with van der Waals surface area (Å²) in [6, 6.07) is 11.6. The lowest BCUT2D eigenvalue weighted by atomic mass is 10.1. The van der Waals surface area contributed by atoms with Crippen molar-refractivity contribution in [3.63, 3.8) is 0 Å². The Hall–Kier alpha value is -3.22. The highest BCUT2D eigenvalue weighted by molar-refractivity contribution is 5.97. The fourth-order valence-corrected chi connectivity index (χ4v) is 3.82. The predicted octanol–water partition coefficient (Wildman–Crippen LogP) is 4.05. The molecule has 0 radical (unpaired) electrons. The van der Waals surface area contributed by atoms with Gasteiger partial charge >= 0.3 is 0 Å². The number of fused-ring (bicyclic) bond motifs is 1. The maximum atomic E-state index is 12.9. The molecule has 33 heavy (non-hydrogen) atoms. The molecule has 0 bridgehead atoms. The first kappa shape index (κ1) is 24.4. The number of rotatable bonds is 10. The van der Waals surface area contributed by atoms with Gasteiger partial charge in [0.2, 0.25) is 11.8 Å². The average molecular weight is 455 g/mol. The van der Waals surface area contributed by atoms with E-state index < -0.39 is 0 Å². The van der Waals surface area contributed by atoms with Gasteiger partial charge in [0, 0.05) is 19.4 Å². The van der Waals surface area contributed by atoms with Crippen LogP contribution in [0.2, 0.25) is 0 Å². The molecule has 2 aromatic rings. The van der Waals surface area contributed by atoms with Crippen LogP contribution in [0, 0.1) is 6.92 Å². The monoisotopic (exact) mass is 454 g/mol. The number of nitrogens with zero attached hydrogens (tertiary/aromatic N) is 1. The van der Waals surface area contributed by atoms with Crippen LogP contribution >= 0.6 is 0 Å². The molecule has 1 aliphatic rings. The zero-order valence-corrected chi connectivity index (χ0v) is 20.0. The van der Waals surface area contributed by atoms with Crippen LogP contribution in [0.5, 0.6) is 17.2 Å². The molecule has 2 aromatic carbocycles. The van der Waals surface area contributed by atoms with E-state index in [1.807, 2.05) is 64.1 Å². The number of nitrogens with one attached hydrogen (secondary N) is 1. The lowest BCUT2D eigenvalue weighted by Crippen LogP contribution is -2.42.